The number of alkyl halides is 3. The van der Waals surface area contributed by atoms with Crippen molar-refractivity contribution in [3.8, 4) is 0 Å². The number of benzene rings is 2. The topological polar surface area (TPSA) is 99.8 Å². The lowest BCUT2D eigenvalue weighted by atomic mass is 10.1. The predicted molar refractivity (Wildman–Crippen MR) is 122 cm³/mol. The quantitative estimate of drug-likeness (QED) is 0.338. The molecule has 0 unspecified atom stereocenters. The van der Waals surface area contributed by atoms with Crippen LogP contribution in [0.15, 0.2) is 65.4 Å². The van der Waals surface area contributed by atoms with Gasteiger partial charge in [-0.15, -0.1) is 0 Å². The van der Waals surface area contributed by atoms with Crippen LogP contribution in [0.2, 0.25) is 0 Å². The molecule has 7 nitrogen and oxygen atoms in total. The first kappa shape index (κ1) is 23.4. The summed E-state index contributed by atoms with van der Waals surface area (Å²) in [4.78, 5) is 36.1. The van der Waals surface area contributed by atoms with Crippen molar-refractivity contribution in [2.75, 3.05) is 0 Å². The van der Waals surface area contributed by atoms with Gasteiger partial charge in [0.2, 0.25) is 0 Å². The van der Waals surface area contributed by atoms with Crippen molar-refractivity contribution in [1.29, 1.82) is 0 Å². The first-order valence-electron chi connectivity index (χ1n) is 10.0. The molecule has 0 fully saturated rings. The van der Waals surface area contributed by atoms with E-state index in [0.717, 1.165) is 6.07 Å². The van der Waals surface area contributed by atoms with Crippen LogP contribution in [0.3, 0.4) is 0 Å². The van der Waals surface area contributed by atoms with Crippen LogP contribution in [0.1, 0.15) is 37.7 Å². The van der Waals surface area contributed by atoms with Crippen molar-refractivity contribution < 1.29 is 22.8 Å². The number of rotatable bonds is 6. The molecule has 0 saturated heterocycles. The highest BCUT2D eigenvalue weighted by Crippen LogP contribution is 2.31. The minimum Gasteiger partial charge on any atom is -0.348 e. The lowest BCUT2D eigenvalue weighted by molar-refractivity contribution is -0.138. The fourth-order valence-corrected chi connectivity index (χ4v) is 3.75. The second-order valence-corrected chi connectivity index (χ2v) is 8.18. The first-order valence-corrected chi connectivity index (χ1v) is 10.8. The van der Waals surface area contributed by atoms with E-state index in [1.807, 2.05) is 0 Å². The number of amides is 2. The van der Waals surface area contributed by atoms with Crippen LogP contribution in [-0.4, -0.2) is 26.8 Å². The molecule has 4 rings (SSSR count). The van der Waals surface area contributed by atoms with Gasteiger partial charge in [-0.25, -0.2) is 4.98 Å². The maximum absolute atomic E-state index is 13.1. The Balaban J connectivity index is 1.39. The average Bonchev–Trinajstić information content (AvgIpc) is 3.27. The van der Waals surface area contributed by atoms with Crippen molar-refractivity contribution in [3.05, 3.63) is 93.5 Å². The molecule has 3 N–H and O–H groups in total. The number of hydrogen-bond acceptors (Lipinski definition) is 4. The number of fused-ring (bicyclic) bond motifs is 1. The summed E-state index contributed by atoms with van der Waals surface area (Å²) < 4.78 is 40.1. The fourth-order valence-electron chi connectivity index (χ4n) is 3.33. The number of H-pyrrole nitrogens is 1. The molecular weight excluding hydrogens is 515 g/mol. The van der Waals surface area contributed by atoms with E-state index in [9.17, 15) is 22.8 Å². The highest BCUT2D eigenvalue weighted by Gasteiger charge is 2.32. The van der Waals surface area contributed by atoms with Crippen LogP contribution in [0, 0.1) is 0 Å². The van der Waals surface area contributed by atoms with Gasteiger partial charge in [0.15, 0.2) is 5.82 Å². The van der Waals surface area contributed by atoms with Crippen LogP contribution >= 0.6 is 15.9 Å². The second-order valence-electron chi connectivity index (χ2n) is 7.32. The normalized spacial score (nSPS) is 11.4. The Morgan fingerprint density at radius 2 is 1.74 bits per heavy atom. The van der Waals surface area contributed by atoms with E-state index in [0.29, 0.717) is 21.1 Å². The van der Waals surface area contributed by atoms with Gasteiger partial charge in [0.25, 0.3) is 11.8 Å². The number of halogens is 4. The molecule has 2 heterocycles. The van der Waals surface area contributed by atoms with Crippen LogP contribution in [0.5, 0.6) is 0 Å². The van der Waals surface area contributed by atoms with Gasteiger partial charge in [-0.1, -0.05) is 30.3 Å². The minimum absolute atomic E-state index is 0.0283. The van der Waals surface area contributed by atoms with E-state index in [1.54, 1.807) is 36.7 Å². The monoisotopic (exact) mass is 531 g/mol. The predicted octanol–water partition coefficient (Wildman–Crippen LogP) is 4.60. The standard InChI is InChI=1S/C23H17BrF3N5O2/c24-17-11-28-12-18-19(17)32-20(31-18)22(34)29-9-13-4-3-6-14(8-13)21(33)30-10-15-5-1-2-7-16(15)23(25,26)27/h1-8,11-12H,9-10H2,(H,29,34)(H,30,33)(H,31,32). The van der Waals surface area contributed by atoms with Crippen molar-refractivity contribution in [1.82, 2.24) is 25.6 Å². The molecule has 2 amide bonds. The SMILES string of the molecule is O=C(NCc1ccccc1C(F)(F)F)c1cccc(CNC(=O)c2nc3c(Br)cncc3[nH]2)c1. The molecule has 0 radical (unpaired) electrons. The van der Waals surface area contributed by atoms with Crippen LogP contribution in [0.25, 0.3) is 11.0 Å². The number of nitrogens with one attached hydrogen (secondary N) is 3. The Bertz CT molecular complexity index is 1370. The van der Waals surface area contributed by atoms with Crippen LogP contribution < -0.4 is 10.6 Å². The Hall–Kier alpha value is -3.73. The molecule has 0 bridgehead atoms. The molecule has 2 aromatic carbocycles. The Morgan fingerprint density at radius 1 is 0.971 bits per heavy atom. The molecule has 4 aromatic rings. The smallest absolute Gasteiger partial charge is 0.348 e. The highest BCUT2D eigenvalue weighted by molar-refractivity contribution is 9.10. The molecule has 0 atom stereocenters. The van der Waals surface area contributed by atoms with Gasteiger partial charge < -0.3 is 15.6 Å². The van der Waals surface area contributed by atoms with Crippen molar-refractivity contribution in [3.63, 3.8) is 0 Å². The van der Waals surface area contributed by atoms with Crippen LogP contribution in [0.4, 0.5) is 13.2 Å². The number of aromatic amines is 1. The van der Waals surface area contributed by atoms with Gasteiger partial charge in [0.1, 0.15) is 5.52 Å². The summed E-state index contributed by atoms with van der Waals surface area (Å²) in [6, 6.07) is 11.5. The maximum atomic E-state index is 13.1. The zero-order valence-corrected chi connectivity index (χ0v) is 19.0. The van der Waals surface area contributed by atoms with Gasteiger partial charge in [-0.2, -0.15) is 13.2 Å². The third kappa shape index (κ3) is 5.25. The summed E-state index contributed by atoms with van der Waals surface area (Å²) in [7, 11) is 0. The number of aromatic nitrogens is 3. The zero-order chi connectivity index (χ0) is 24.3. The average molecular weight is 532 g/mol. The molecule has 0 aliphatic rings. The van der Waals surface area contributed by atoms with E-state index in [4.69, 9.17) is 0 Å². The Kier molecular flexibility index (Phi) is 6.64. The molecule has 0 spiro atoms. The summed E-state index contributed by atoms with van der Waals surface area (Å²) in [5.74, 6) is -0.859. The Morgan fingerprint density at radius 3 is 2.50 bits per heavy atom. The number of carbonyl (C=O) groups excluding carboxylic acids is 2. The van der Waals surface area contributed by atoms with E-state index < -0.39 is 23.6 Å². The zero-order valence-electron chi connectivity index (χ0n) is 17.4. The minimum atomic E-state index is -4.51. The number of pyridine rings is 1. The third-order valence-corrected chi connectivity index (χ3v) is 5.55. The van der Waals surface area contributed by atoms with Gasteiger partial charge in [-0.3, -0.25) is 14.6 Å². The maximum Gasteiger partial charge on any atom is 0.416 e. The Labute approximate surface area is 199 Å². The third-order valence-electron chi connectivity index (χ3n) is 4.97. The summed E-state index contributed by atoms with van der Waals surface area (Å²) in [5, 5.41) is 5.23. The molecular formula is C23H17BrF3N5O2. The summed E-state index contributed by atoms with van der Waals surface area (Å²) in [6.45, 7) is -0.153. The van der Waals surface area contributed by atoms with E-state index in [2.05, 4.69) is 41.5 Å². The molecule has 0 saturated carbocycles. The number of nitrogens with zero attached hydrogens (tertiary/aromatic N) is 2. The summed E-state index contributed by atoms with van der Waals surface area (Å²) >= 11 is 3.33. The number of hydrogen-bond donors (Lipinski definition) is 3. The highest BCUT2D eigenvalue weighted by atomic mass is 79.9. The van der Waals surface area contributed by atoms with Gasteiger partial charge in [-0.05, 0) is 45.3 Å². The molecule has 174 valence electrons. The van der Waals surface area contributed by atoms with E-state index >= 15 is 0 Å². The van der Waals surface area contributed by atoms with Crippen molar-refractivity contribution >= 4 is 38.8 Å². The van der Waals surface area contributed by atoms with Gasteiger partial charge >= 0.3 is 6.18 Å². The molecule has 2 aromatic heterocycles. The summed E-state index contributed by atoms with van der Waals surface area (Å²) in [6.07, 6.45) is -1.38. The fraction of sp³-hybridized carbons (Fsp3) is 0.130. The summed E-state index contributed by atoms with van der Waals surface area (Å²) in [5.41, 5.74) is 1.25. The van der Waals surface area contributed by atoms with Crippen molar-refractivity contribution in [2.45, 2.75) is 19.3 Å². The second kappa shape index (κ2) is 9.64. The molecule has 34 heavy (non-hydrogen) atoms. The molecule has 0 aliphatic carbocycles. The molecule has 0 aliphatic heterocycles. The largest absolute Gasteiger partial charge is 0.416 e. The van der Waals surface area contributed by atoms with Crippen LogP contribution in [-0.2, 0) is 19.3 Å². The van der Waals surface area contributed by atoms with Crippen molar-refractivity contribution in [2.24, 2.45) is 0 Å². The van der Waals surface area contributed by atoms with Gasteiger partial charge in [0.05, 0.1) is 21.7 Å². The number of imidazole rings is 1. The lowest BCUT2D eigenvalue weighted by Gasteiger charge is -2.13. The number of carbonyl (C=O) groups is 2. The lowest BCUT2D eigenvalue weighted by Crippen LogP contribution is -2.26. The van der Waals surface area contributed by atoms with E-state index in [-0.39, 0.29) is 30.0 Å². The first-order chi connectivity index (χ1) is 16.2. The van der Waals surface area contributed by atoms with Gasteiger partial charge in [0, 0.05) is 24.8 Å². The van der Waals surface area contributed by atoms with E-state index in [1.165, 1.54) is 18.2 Å². The molecule has 11 heteroatoms.